The minimum atomic E-state index is -0.851. The monoisotopic (exact) mass is 914 g/mol. The largest absolute Gasteiger partial charge is 0.466 e. The number of aliphatic hydroxyl groups excluding tert-OH is 2. The summed E-state index contributed by atoms with van der Waals surface area (Å²) in [4.78, 5) is 24.5. The molecule has 0 saturated heterocycles. The molecule has 2 atom stereocenters. The van der Waals surface area contributed by atoms with Crippen LogP contribution >= 0.6 is 0 Å². The predicted octanol–water partition coefficient (Wildman–Crippen LogP) is 17.6. The normalized spacial score (nSPS) is 12.9. The fraction of sp³-hybridized carbons (Fsp3) is 0.864. The van der Waals surface area contributed by atoms with Crippen LogP contribution in [0.2, 0.25) is 0 Å². The highest BCUT2D eigenvalue weighted by molar-refractivity contribution is 5.76. The number of unbranched alkanes of at least 4 members (excludes halogenated alkanes) is 39. The van der Waals surface area contributed by atoms with E-state index < -0.39 is 12.1 Å². The SMILES string of the molecule is CCCCCCCCCCCCCC/C=C/C(O)C(CO)NC(=O)CCCCCCCCCCCC/C=C\C=C/CCCCCOC(=O)CCCCCCCCCCCCCCCCC. The molecule has 0 aromatic rings. The van der Waals surface area contributed by atoms with Gasteiger partial charge in [-0.2, -0.15) is 0 Å². The van der Waals surface area contributed by atoms with Gasteiger partial charge < -0.3 is 20.3 Å². The van der Waals surface area contributed by atoms with Crippen LogP contribution in [0.15, 0.2) is 36.5 Å². The molecule has 0 spiro atoms. The molecule has 0 aliphatic carbocycles. The number of aliphatic hydroxyl groups is 2. The summed E-state index contributed by atoms with van der Waals surface area (Å²) in [5.41, 5.74) is 0. The third-order valence-corrected chi connectivity index (χ3v) is 13.2. The van der Waals surface area contributed by atoms with Crippen LogP contribution in [-0.4, -0.2) is 47.4 Å². The molecular weight excluding hydrogens is 803 g/mol. The molecule has 6 nitrogen and oxygen atoms in total. The van der Waals surface area contributed by atoms with E-state index in [0.717, 1.165) is 77.0 Å². The second kappa shape index (κ2) is 54.7. The number of hydrogen-bond donors (Lipinski definition) is 3. The first-order valence-corrected chi connectivity index (χ1v) is 28.8. The Bertz CT molecular complexity index is 1060. The molecule has 2 unspecified atom stereocenters. The summed E-state index contributed by atoms with van der Waals surface area (Å²) in [6.45, 7) is 4.87. The second-order valence-corrected chi connectivity index (χ2v) is 19.7. The van der Waals surface area contributed by atoms with Crippen LogP contribution in [-0.2, 0) is 14.3 Å². The van der Waals surface area contributed by atoms with Crippen molar-refractivity contribution in [2.75, 3.05) is 13.2 Å². The molecule has 3 N–H and O–H groups in total. The Hall–Kier alpha value is -1.92. The lowest BCUT2D eigenvalue weighted by molar-refractivity contribution is -0.143. The standard InChI is InChI=1S/C59H111NO5/c1-3-5-7-9-11-13-15-17-24-29-33-37-41-45-49-53-59(64)65-54-50-46-42-38-34-30-26-23-21-19-20-22-25-28-32-36-40-44-48-52-58(63)60-56(55-61)57(62)51-47-43-39-35-31-27-18-16-14-12-10-8-6-4-2/h23,26,30,34,47,51,56-57,61-62H,3-22,24-25,27-29,31-33,35-46,48-50,52-55H2,1-2H3,(H,60,63)/b26-23-,34-30-,51-47+. The van der Waals surface area contributed by atoms with Crippen molar-refractivity contribution in [1.82, 2.24) is 5.32 Å². The van der Waals surface area contributed by atoms with Crippen molar-refractivity contribution in [3.05, 3.63) is 36.5 Å². The molecule has 65 heavy (non-hydrogen) atoms. The van der Waals surface area contributed by atoms with Crippen molar-refractivity contribution >= 4 is 11.9 Å². The zero-order valence-electron chi connectivity index (χ0n) is 43.5. The Morgan fingerprint density at radius 3 is 1.14 bits per heavy atom. The van der Waals surface area contributed by atoms with Gasteiger partial charge in [0.2, 0.25) is 5.91 Å². The molecule has 0 rings (SSSR count). The Labute approximate surface area is 404 Å². The molecule has 0 radical (unpaired) electrons. The number of nitrogens with one attached hydrogen (secondary N) is 1. The Morgan fingerprint density at radius 2 is 0.754 bits per heavy atom. The highest BCUT2D eigenvalue weighted by atomic mass is 16.5. The number of rotatable bonds is 53. The number of esters is 1. The van der Waals surface area contributed by atoms with Gasteiger partial charge in [0, 0.05) is 12.8 Å². The van der Waals surface area contributed by atoms with E-state index in [9.17, 15) is 19.8 Å². The van der Waals surface area contributed by atoms with Crippen molar-refractivity contribution in [3.8, 4) is 0 Å². The van der Waals surface area contributed by atoms with Gasteiger partial charge in [-0.1, -0.05) is 262 Å². The molecule has 0 aliphatic rings. The van der Waals surface area contributed by atoms with Crippen LogP contribution in [0.3, 0.4) is 0 Å². The zero-order chi connectivity index (χ0) is 47.2. The summed E-state index contributed by atoms with van der Waals surface area (Å²) >= 11 is 0. The third-order valence-electron chi connectivity index (χ3n) is 13.2. The number of amides is 1. The molecule has 0 saturated carbocycles. The maximum atomic E-state index is 12.4. The first kappa shape index (κ1) is 63.1. The minimum absolute atomic E-state index is 0.0115. The average Bonchev–Trinajstić information content (AvgIpc) is 3.31. The van der Waals surface area contributed by atoms with Crippen molar-refractivity contribution in [3.63, 3.8) is 0 Å². The van der Waals surface area contributed by atoms with E-state index in [1.165, 1.54) is 199 Å². The second-order valence-electron chi connectivity index (χ2n) is 19.7. The highest BCUT2D eigenvalue weighted by Crippen LogP contribution is 2.16. The topological polar surface area (TPSA) is 95.9 Å². The lowest BCUT2D eigenvalue weighted by atomic mass is 10.0. The van der Waals surface area contributed by atoms with E-state index in [1.807, 2.05) is 6.08 Å². The van der Waals surface area contributed by atoms with Crippen LogP contribution in [0.25, 0.3) is 0 Å². The van der Waals surface area contributed by atoms with Gasteiger partial charge in [-0.15, -0.1) is 0 Å². The van der Waals surface area contributed by atoms with Gasteiger partial charge in [0.05, 0.1) is 25.4 Å². The van der Waals surface area contributed by atoms with E-state index in [2.05, 4.69) is 43.5 Å². The van der Waals surface area contributed by atoms with E-state index in [0.29, 0.717) is 19.4 Å². The van der Waals surface area contributed by atoms with Gasteiger partial charge in [-0.3, -0.25) is 9.59 Å². The maximum Gasteiger partial charge on any atom is 0.305 e. The summed E-state index contributed by atoms with van der Waals surface area (Å²) in [7, 11) is 0. The van der Waals surface area contributed by atoms with Crippen molar-refractivity contribution in [2.45, 2.75) is 315 Å². The number of allylic oxidation sites excluding steroid dienone is 5. The molecular formula is C59H111NO5. The first-order chi connectivity index (χ1) is 32.0. The van der Waals surface area contributed by atoms with Gasteiger partial charge >= 0.3 is 5.97 Å². The number of carbonyl (C=O) groups excluding carboxylic acids is 2. The van der Waals surface area contributed by atoms with Crippen LogP contribution in [0.1, 0.15) is 303 Å². The highest BCUT2D eigenvalue weighted by Gasteiger charge is 2.18. The molecule has 0 heterocycles. The summed E-state index contributed by atoms with van der Waals surface area (Å²) < 4.78 is 5.46. The van der Waals surface area contributed by atoms with Gasteiger partial charge in [-0.05, 0) is 64.2 Å². The molecule has 1 amide bonds. The molecule has 0 fully saturated rings. The summed E-state index contributed by atoms with van der Waals surface area (Å²) in [5, 5.41) is 23.1. The molecule has 0 bridgehead atoms. The van der Waals surface area contributed by atoms with Crippen LogP contribution in [0.5, 0.6) is 0 Å². The maximum absolute atomic E-state index is 12.4. The van der Waals surface area contributed by atoms with E-state index in [4.69, 9.17) is 4.74 Å². The average molecular weight is 915 g/mol. The predicted molar refractivity (Wildman–Crippen MR) is 283 cm³/mol. The Kier molecular flexibility index (Phi) is 53.1. The molecule has 0 aliphatic heterocycles. The lowest BCUT2D eigenvalue weighted by Gasteiger charge is -2.20. The lowest BCUT2D eigenvalue weighted by Crippen LogP contribution is -2.45. The zero-order valence-corrected chi connectivity index (χ0v) is 43.5. The summed E-state index contributed by atoms with van der Waals surface area (Å²) in [6, 6.07) is -0.635. The first-order valence-electron chi connectivity index (χ1n) is 28.8. The molecule has 0 aromatic carbocycles. The van der Waals surface area contributed by atoms with Gasteiger partial charge in [-0.25, -0.2) is 0 Å². The fourth-order valence-electron chi connectivity index (χ4n) is 8.74. The minimum Gasteiger partial charge on any atom is -0.466 e. The summed E-state index contributed by atoms with van der Waals surface area (Å²) in [5.74, 6) is -0.0891. The molecule has 6 heteroatoms. The number of hydrogen-bond acceptors (Lipinski definition) is 5. The van der Waals surface area contributed by atoms with E-state index >= 15 is 0 Å². The quantitative estimate of drug-likeness (QED) is 0.0244. The van der Waals surface area contributed by atoms with Gasteiger partial charge in [0.15, 0.2) is 0 Å². The van der Waals surface area contributed by atoms with Crippen molar-refractivity contribution < 1.29 is 24.5 Å². The number of carbonyl (C=O) groups is 2. The number of ether oxygens (including phenoxy) is 1. The van der Waals surface area contributed by atoms with E-state index in [1.54, 1.807) is 6.08 Å². The van der Waals surface area contributed by atoms with Gasteiger partial charge in [0.1, 0.15) is 0 Å². The summed E-state index contributed by atoms with van der Waals surface area (Å²) in [6.07, 6.45) is 67.4. The van der Waals surface area contributed by atoms with Gasteiger partial charge in [0.25, 0.3) is 0 Å². The third kappa shape index (κ3) is 51.3. The van der Waals surface area contributed by atoms with Crippen molar-refractivity contribution in [2.24, 2.45) is 0 Å². The Morgan fingerprint density at radius 1 is 0.431 bits per heavy atom. The smallest absolute Gasteiger partial charge is 0.305 e. The Balaban J connectivity index is 3.49. The van der Waals surface area contributed by atoms with Crippen molar-refractivity contribution in [1.29, 1.82) is 0 Å². The van der Waals surface area contributed by atoms with Crippen LogP contribution in [0, 0.1) is 0 Å². The van der Waals surface area contributed by atoms with E-state index in [-0.39, 0.29) is 18.5 Å². The fourth-order valence-corrected chi connectivity index (χ4v) is 8.74. The molecule has 382 valence electrons. The van der Waals surface area contributed by atoms with Crippen LogP contribution in [0.4, 0.5) is 0 Å². The van der Waals surface area contributed by atoms with Crippen LogP contribution < -0.4 is 5.32 Å². The molecule has 0 aromatic heterocycles.